The lowest BCUT2D eigenvalue weighted by Gasteiger charge is -2.26. The van der Waals surface area contributed by atoms with E-state index in [0.29, 0.717) is 0 Å². The molecule has 0 aromatic heterocycles. The van der Waals surface area contributed by atoms with Gasteiger partial charge in [-0.1, -0.05) is 73.3 Å². The van der Waals surface area contributed by atoms with Crippen molar-refractivity contribution in [2.45, 2.75) is 25.9 Å². The normalized spacial score (nSPS) is 15.8. The van der Waals surface area contributed by atoms with Crippen molar-refractivity contribution in [2.24, 2.45) is 0 Å². The molecular weight excluding hydrogens is 256 g/mol. The summed E-state index contributed by atoms with van der Waals surface area (Å²) in [7, 11) is 0. The van der Waals surface area contributed by atoms with Crippen molar-refractivity contribution in [2.75, 3.05) is 0 Å². The van der Waals surface area contributed by atoms with Gasteiger partial charge in [0.05, 0.1) is 0 Å². The van der Waals surface area contributed by atoms with Gasteiger partial charge in [0, 0.05) is 0 Å². The highest BCUT2D eigenvalue weighted by Crippen LogP contribution is 2.34. The van der Waals surface area contributed by atoms with Crippen LogP contribution in [0.2, 0.25) is 0 Å². The van der Waals surface area contributed by atoms with Crippen molar-refractivity contribution in [3.05, 3.63) is 90.5 Å². The van der Waals surface area contributed by atoms with Crippen LogP contribution in [0.1, 0.15) is 30.6 Å². The molecule has 2 aromatic carbocycles. The molecule has 0 bridgehead atoms. The van der Waals surface area contributed by atoms with Crippen LogP contribution in [0, 0.1) is 0 Å². The third-order valence-electron chi connectivity index (χ3n) is 3.44. The molecular formula is C20H22O. The third kappa shape index (κ3) is 4.35. The second kappa shape index (κ2) is 7.49. The van der Waals surface area contributed by atoms with Gasteiger partial charge in [0.2, 0.25) is 0 Å². The zero-order chi connectivity index (χ0) is 15.1. The van der Waals surface area contributed by atoms with Crippen LogP contribution in [0.4, 0.5) is 0 Å². The van der Waals surface area contributed by atoms with Gasteiger partial charge in [-0.15, -0.1) is 0 Å². The van der Waals surface area contributed by atoms with Crippen LogP contribution in [-0.2, 0) is 6.42 Å². The molecule has 108 valence electrons. The Morgan fingerprint density at radius 3 is 2.38 bits per heavy atom. The Balaban J connectivity index is 0.000000282. The highest BCUT2D eigenvalue weighted by Gasteiger charge is 2.20. The third-order valence-corrected chi connectivity index (χ3v) is 3.44. The number of benzene rings is 2. The Labute approximate surface area is 127 Å². The Kier molecular flexibility index (Phi) is 5.39. The summed E-state index contributed by atoms with van der Waals surface area (Å²) in [5.74, 6) is 1.04. The number of fused-ring (bicyclic) bond motifs is 1. The van der Waals surface area contributed by atoms with Gasteiger partial charge in [-0.3, -0.25) is 0 Å². The topological polar surface area (TPSA) is 9.23 Å². The molecule has 1 atom stereocenters. The summed E-state index contributed by atoms with van der Waals surface area (Å²) in [6, 6.07) is 18.8. The number of rotatable bonds is 2. The summed E-state index contributed by atoms with van der Waals surface area (Å²) in [5, 5.41) is 0. The number of ether oxygens (including phenoxy) is 1. The van der Waals surface area contributed by atoms with Crippen LogP contribution in [0.5, 0.6) is 5.75 Å². The van der Waals surface area contributed by atoms with E-state index in [-0.39, 0.29) is 6.10 Å². The molecule has 1 heterocycles. The fourth-order valence-electron chi connectivity index (χ4n) is 2.23. The summed E-state index contributed by atoms with van der Waals surface area (Å²) in [6.07, 6.45) is 4.12. The van der Waals surface area contributed by atoms with E-state index in [2.05, 4.69) is 55.6 Å². The molecule has 1 unspecified atom stereocenters. The van der Waals surface area contributed by atoms with Crippen LogP contribution >= 0.6 is 0 Å². The highest BCUT2D eigenvalue weighted by molar-refractivity contribution is 5.36. The first kappa shape index (κ1) is 15.1. The van der Waals surface area contributed by atoms with Gasteiger partial charge in [0.25, 0.3) is 0 Å². The van der Waals surface area contributed by atoms with Crippen LogP contribution in [0.15, 0.2) is 79.4 Å². The lowest BCUT2D eigenvalue weighted by atomic mass is 9.98. The van der Waals surface area contributed by atoms with Gasteiger partial charge in [-0.25, -0.2) is 0 Å². The van der Waals surface area contributed by atoms with Crippen LogP contribution in [0.25, 0.3) is 0 Å². The Hall–Kier alpha value is -2.28. The van der Waals surface area contributed by atoms with E-state index in [0.717, 1.165) is 24.2 Å². The van der Waals surface area contributed by atoms with Crippen LogP contribution < -0.4 is 4.74 Å². The van der Waals surface area contributed by atoms with Crippen molar-refractivity contribution < 1.29 is 4.74 Å². The number of aryl methyl sites for hydroxylation is 1. The minimum Gasteiger partial charge on any atom is -0.485 e. The number of hydrogen-bond donors (Lipinski definition) is 0. The van der Waals surface area contributed by atoms with Gasteiger partial charge in [0.15, 0.2) is 0 Å². The molecule has 1 heteroatoms. The number of para-hydroxylation sites is 1. The molecule has 1 aliphatic heterocycles. The van der Waals surface area contributed by atoms with E-state index < -0.39 is 0 Å². The summed E-state index contributed by atoms with van der Waals surface area (Å²) in [6.45, 7) is 8.93. The van der Waals surface area contributed by atoms with Crippen molar-refractivity contribution >= 4 is 0 Å². The van der Waals surface area contributed by atoms with Gasteiger partial charge in [-0.05, 0) is 37.0 Å². The van der Waals surface area contributed by atoms with E-state index in [1.165, 1.54) is 11.1 Å². The second-order valence-corrected chi connectivity index (χ2v) is 5.21. The molecule has 0 aliphatic carbocycles. The predicted octanol–water partition coefficient (Wildman–Crippen LogP) is 5.50. The average molecular weight is 278 g/mol. The smallest absolute Gasteiger partial charge is 0.124 e. The first-order valence-electron chi connectivity index (χ1n) is 7.28. The molecule has 0 fully saturated rings. The molecule has 0 spiro atoms. The molecule has 1 aliphatic rings. The summed E-state index contributed by atoms with van der Waals surface area (Å²) < 4.78 is 6.02. The van der Waals surface area contributed by atoms with Gasteiger partial charge in [-0.2, -0.15) is 0 Å². The first-order chi connectivity index (χ1) is 10.2. The molecule has 0 N–H and O–H groups in total. The van der Waals surface area contributed by atoms with E-state index in [4.69, 9.17) is 4.74 Å². The van der Waals surface area contributed by atoms with Crippen LogP contribution in [0.3, 0.4) is 0 Å². The molecule has 0 radical (unpaired) electrons. The lowest BCUT2D eigenvalue weighted by molar-refractivity contribution is 0.176. The molecule has 0 amide bonds. The number of allylic oxidation sites excluding steroid dienone is 2. The first-order valence-corrected chi connectivity index (χ1v) is 7.28. The van der Waals surface area contributed by atoms with Gasteiger partial charge < -0.3 is 4.74 Å². The van der Waals surface area contributed by atoms with Gasteiger partial charge in [0.1, 0.15) is 11.9 Å². The second-order valence-electron chi connectivity index (χ2n) is 5.21. The van der Waals surface area contributed by atoms with E-state index >= 15 is 0 Å². The van der Waals surface area contributed by atoms with Crippen molar-refractivity contribution in [1.82, 2.24) is 0 Å². The molecule has 1 nitrogen and oxygen atoms in total. The maximum Gasteiger partial charge on any atom is 0.124 e. The minimum atomic E-state index is 0.219. The van der Waals surface area contributed by atoms with E-state index in [1.807, 2.05) is 19.1 Å². The maximum absolute atomic E-state index is 6.02. The SMILES string of the molecule is C=CC(=C)C.c1ccc(C2CCc3ccccc3O2)cc1. The van der Waals surface area contributed by atoms with Gasteiger partial charge >= 0.3 is 0 Å². The van der Waals surface area contributed by atoms with E-state index in [9.17, 15) is 0 Å². The zero-order valence-corrected chi connectivity index (χ0v) is 12.6. The molecule has 0 saturated carbocycles. The maximum atomic E-state index is 6.02. The fourth-order valence-corrected chi connectivity index (χ4v) is 2.23. The predicted molar refractivity (Wildman–Crippen MR) is 89.6 cm³/mol. The fraction of sp³-hybridized carbons (Fsp3) is 0.200. The van der Waals surface area contributed by atoms with Crippen molar-refractivity contribution in [1.29, 1.82) is 0 Å². The molecule has 3 rings (SSSR count). The number of hydrogen-bond acceptors (Lipinski definition) is 1. The lowest BCUT2D eigenvalue weighted by Crippen LogP contribution is -2.14. The standard InChI is InChI=1S/C15H14O.C5H8/c1-2-6-12(7-3-1)15-11-10-13-8-4-5-9-14(13)16-15;1-4-5(2)3/h1-9,15H,10-11H2;4H,1-2H2,3H3. The molecule has 0 saturated heterocycles. The molecule has 21 heavy (non-hydrogen) atoms. The summed E-state index contributed by atoms with van der Waals surface area (Å²) >= 11 is 0. The quantitative estimate of drug-likeness (QED) is 0.659. The Bertz CT molecular complexity index is 598. The van der Waals surface area contributed by atoms with Crippen LogP contribution in [-0.4, -0.2) is 0 Å². The zero-order valence-electron chi connectivity index (χ0n) is 12.6. The van der Waals surface area contributed by atoms with Crippen molar-refractivity contribution in [3.63, 3.8) is 0 Å². The largest absolute Gasteiger partial charge is 0.485 e. The Morgan fingerprint density at radius 2 is 1.71 bits per heavy atom. The summed E-state index contributed by atoms with van der Waals surface area (Å²) in [5.41, 5.74) is 3.62. The van der Waals surface area contributed by atoms with Crippen molar-refractivity contribution in [3.8, 4) is 5.75 Å². The average Bonchev–Trinajstić information content (AvgIpc) is 2.56. The van der Waals surface area contributed by atoms with E-state index in [1.54, 1.807) is 6.08 Å². The minimum absolute atomic E-state index is 0.219. The highest BCUT2D eigenvalue weighted by atomic mass is 16.5. The monoisotopic (exact) mass is 278 g/mol. The summed E-state index contributed by atoms with van der Waals surface area (Å²) in [4.78, 5) is 0. The molecule has 2 aromatic rings. The Morgan fingerprint density at radius 1 is 1.10 bits per heavy atom.